The zero-order valence-corrected chi connectivity index (χ0v) is 14.2. The summed E-state index contributed by atoms with van der Waals surface area (Å²) < 4.78 is 1.70. The molecule has 1 aliphatic rings. The van der Waals surface area contributed by atoms with Crippen molar-refractivity contribution >= 4 is 23.3 Å². The summed E-state index contributed by atoms with van der Waals surface area (Å²) in [6.45, 7) is 0.584. The third kappa shape index (κ3) is 3.67. The van der Waals surface area contributed by atoms with E-state index in [4.69, 9.17) is 11.6 Å². The quantitative estimate of drug-likeness (QED) is 0.794. The molecule has 1 aliphatic heterocycles. The van der Waals surface area contributed by atoms with Crippen molar-refractivity contribution in [3.05, 3.63) is 53.6 Å². The van der Waals surface area contributed by atoms with E-state index in [1.165, 1.54) is 0 Å². The molecule has 5 nitrogen and oxygen atoms in total. The third-order valence-corrected chi connectivity index (χ3v) is 4.58. The smallest absolute Gasteiger partial charge is 0.224 e. The van der Waals surface area contributed by atoms with Gasteiger partial charge in [0.25, 0.3) is 0 Å². The van der Waals surface area contributed by atoms with Crippen LogP contribution >= 0.6 is 11.6 Å². The number of aromatic nitrogens is 2. The molecule has 1 aromatic heterocycles. The van der Waals surface area contributed by atoms with E-state index >= 15 is 0 Å². The molecule has 0 saturated carbocycles. The Labute approximate surface area is 146 Å². The number of amides is 1. The van der Waals surface area contributed by atoms with Crippen molar-refractivity contribution in [1.29, 1.82) is 0 Å². The highest BCUT2D eigenvalue weighted by atomic mass is 35.5. The molecule has 1 saturated heterocycles. The van der Waals surface area contributed by atoms with E-state index < -0.39 is 6.17 Å². The van der Waals surface area contributed by atoms with E-state index in [1.54, 1.807) is 52.5 Å². The third-order valence-electron chi connectivity index (χ3n) is 4.33. The summed E-state index contributed by atoms with van der Waals surface area (Å²) in [6.07, 6.45) is 8.66. The van der Waals surface area contributed by atoms with Crippen LogP contribution in [0, 0.1) is 0 Å². The minimum Gasteiger partial charge on any atom is -0.315 e. The van der Waals surface area contributed by atoms with Gasteiger partial charge in [-0.3, -0.25) is 9.59 Å². The van der Waals surface area contributed by atoms with Crippen molar-refractivity contribution < 1.29 is 9.59 Å². The number of carbonyl (C=O) groups excluding carboxylic acids is 2. The number of nitrogens with zero attached hydrogens (tertiary/aromatic N) is 3. The molecular weight excluding hydrogens is 326 g/mol. The molecule has 1 atom stereocenters. The molecule has 0 aliphatic carbocycles. The van der Waals surface area contributed by atoms with E-state index in [2.05, 4.69) is 4.98 Å². The van der Waals surface area contributed by atoms with Crippen LogP contribution in [0.2, 0.25) is 5.02 Å². The highest BCUT2D eigenvalue weighted by Crippen LogP contribution is 2.24. The number of ketones is 1. The lowest BCUT2D eigenvalue weighted by molar-refractivity contribution is -0.135. The van der Waals surface area contributed by atoms with Gasteiger partial charge in [0.1, 0.15) is 0 Å². The second-order valence-electron chi connectivity index (χ2n) is 6.01. The van der Waals surface area contributed by atoms with E-state index in [0.717, 1.165) is 25.7 Å². The van der Waals surface area contributed by atoms with Gasteiger partial charge in [0.15, 0.2) is 6.17 Å². The number of benzene rings is 1. The Morgan fingerprint density at radius 2 is 1.88 bits per heavy atom. The summed E-state index contributed by atoms with van der Waals surface area (Å²) in [7, 11) is 0. The Balaban J connectivity index is 1.95. The molecule has 0 unspecified atom stereocenters. The van der Waals surface area contributed by atoms with Gasteiger partial charge in [0.05, 0.1) is 6.33 Å². The highest BCUT2D eigenvalue weighted by Gasteiger charge is 2.31. The lowest BCUT2D eigenvalue weighted by Gasteiger charge is -2.33. The van der Waals surface area contributed by atoms with Gasteiger partial charge in [0.2, 0.25) is 11.7 Å². The number of likely N-dealkylation sites (tertiary alicyclic amines) is 1. The summed E-state index contributed by atoms with van der Waals surface area (Å²) in [5.74, 6) is -0.102. The number of halogens is 1. The predicted molar refractivity (Wildman–Crippen MR) is 91.8 cm³/mol. The topological polar surface area (TPSA) is 55.2 Å². The summed E-state index contributed by atoms with van der Waals surface area (Å²) >= 11 is 5.92. The fourth-order valence-electron chi connectivity index (χ4n) is 3.05. The Morgan fingerprint density at radius 1 is 1.12 bits per heavy atom. The van der Waals surface area contributed by atoms with Gasteiger partial charge >= 0.3 is 0 Å². The number of hydrogen-bond donors (Lipinski definition) is 0. The maximum atomic E-state index is 13.1. The fourth-order valence-corrected chi connectivity index (χ4v) is 3.18. The van der Waals surface area contributed by atoms with Gasteiger partial charge in [-0.2, -0.15) is 0 Å². The van der Waals surface area contributed by atoms with E-state index in [1.807, 2.05) is 0 Å². The van der Waals surface area contributed by atoms with Gasteiger partial charge in [0, 0.05) is 35.9 Å². The number of carbonyl (C=O) groups is 2. The Bertz CT molecular complexity index is 698. The summed E-state index contributed by atoms with van der Waals surface area (Å²) in [4.78, 5) is 31.5. The first-order valence-corrected chi connectivity index (χ1v) is 8.61. The van der Waals surface area contributed by atoms with Crippen LogP contribution in [0.3, 0.4) is 0 Å². The Morgan fingerprint density at radius 3 is 2.58 bits per heavy atom. The molecule has 24 heavy (non-hydrogen) atoms. The summed E-state index contributed by atoms with van der Waals surface area (Å²) in [6, 6.07) is 6.77. The first kappa shape index (κ1) is 16.7. The average Bonchev–Trinajstić information content (AvgIpc) is 3.09. The SMILES string of the molecule is O=C(c1ccc(Cl)cc1)[C@@H](N1CCCCCCC1=O)n1ccnc1. The normalized spacial score (nSPS) is 17.2. The second kappa shape index (κ2) is 7.62. The zero-order chi connectivity index (χ0) is 16.9. The molecule has 0 spiro atoms. The number of rotatable bonds is 4. The molecular formula is C18H20ClN3O2. The molecule has 126 valence electrons. The number of hydrogen-bond acceptors (Lipinski definition) is 3. The Kier molecular flexibility index (Phi) is 5.30. The second-order valence-corrected chi connectivity index (χ2v) is 6.44. The number of Topliss-reactive ketones (excluding diaryl/α,β-unsaturated/α-hetero) is 1. The van der Waals surface area contributed by atoms with E-state index in [0.29, 0.717) is 23.6 Å². The lowest BCUT2D eigenvalue weighted by atomic mass is 10.0. The molecule has 2 heterocycles. The minimum absolute atomic E-state index is 0.0238. The van der Waals surface area contributed by atoms with Crippen LogP contribution in [0.1, 0.15) is 48.6 Å². The molecule has 0 radical (unpaired) electrons. The van der Waals surface area contributed by atoms with Crippen LogP contribution in [-0.4, -0.2) is 32.7 Å². The molecule has 0 N–H and O–H groups in total. The summed E-state index contributed by atoms with van der Waals surface area (Å²) in [5.41, 5.74) is 0.535. The first-order valence-electron chi connectivity index (χ1n) is 8.23. The Hall–Kier alpha value is -2.14. The number of imidazole rings is 1. The van der Waals surface area contributed by atoms with Crippen LogP contribution in [0.15, 0.2) is 43.0 Å². The molecule has 3 rings (SSSR count). The van der Waals surface area contributed by atoms with Crippen LogP contribution in [0.5, 0.6) is 0 Å². The van der Waals surface area contributed by atoms with E-state index in [-0.39, 0.29) is 11.7 Å². The lowest BCUT2D eigenvalue weighted by Crippen LogP contribution is -2.43. The van der Waals surface area contributed by atoms with Crippen molar-refractivity contribution in [3.63, 3.8) is 0 Å². The largest absolute Gasteiger partial charge is 0.315 e. The van der Waals surface area contributed by atoms with Crippen molar-refractivity contribution in [2.24, 2.45) is 0 Å². The van der Waals surface area contributed by atoms with Crippen molar-refractivity contribution in [2.75, 3.05) is 6.54 Å². The van der Waals surface area contributed by atoms with Crippen molar-refractivity contribution in [3.8, 4) is 0 Å². The monoisotopic (exact) mass is 345 g/mol. The van der Waals surface area contributed by atoms with Crippen molar-refractivity contribution in [1.82, 2.24) is 14.5 Å². The predicted octanol–water partition coefficient (Wildman–Crippen LogP) is 3.71. The molecule has 1 fully saturated rings. The van der Waals surface area contributed by atoms with Crippen LogP contribution in [0.4, 0.5) is 0 Å². The average molecular weight is 346 g/mol. The zero-order valence-electron chi connectivity index (χ0n) is 13.4. The van der Waals surface area contributed by atoms with Gasteiger partial charge in [-0.15, -0.1) is 0 Å². The van der Waals surface area contributed by atoms with E-state index in [9.17, 15) is 9.59 Å². The maximum Gasteiger partial charge on any atom is 0.224 e. The van der Waals surface area contributed by atoms with Crippen molar-refractivity contribution in [2.45, 2.75) is 38.3 Å². The van der Waals surface area contributed by atoms with Crippen LogP contribution in [-0.2, 0) is 4.79 Å². The van der Waals surface area contributed by atoms with Gasteiger partial charge < -0.3 is 9.47 Å². The van der Waals surface area contributed by atoms with Gasteiger partial charge in [-0.25, -0.2) is 4.98 Å². The minimum atomic E-state index is -0.695. The summed E-state index contributed by atoms with van der Waals surface area (Å²) in [5, 5.41) is 0.577. The molecule has 2 aromatic rings. The maximum absolute atomic E-state index is 13.1. The van der Waals surface area contributed by atoms with Gasteiger partial charge in [-0.05, 0) is 37.1 Å². The standard InChI is InChI=1S/C18H20ClN3O2/c19-15-8-6-14(7-9-15)17(24)18(21-12-10-20-13-21)22-11-4-2-1-3-5-16(22)23/h6-10,12-13,18H,1-5,11H2/t18-/m1/s1. The molecule has 0 bridgehead atoms. The molecule has 1 amide bonds. The molecule has 6 heteroatoms. The fraction of sp³-hybridized carbons (Fsp3) is 0.389. The first-order chi connectivity index (χ1) is 11.7. The van der Waals surface area contributed by atoms with Crippen LogP contribution < -0.4 is 0 Å². The molecule has 1 aromatic carbocycles. The van der Waals surface area contributed by atoms with Gasteiger partial charge in [-0.1, -0.05) is 24.4 Å². The van der Waals surface area contributed by atoms with Crippen LogP contribution in [0.25, 0.3) is 0 Å². The highest BCUT2D eigenvalue weighted by molar-refractivity contribution is 6.30.